The highest BCUT2D eigenvalue weighted by Crippen LogP contribution is 2.35. The molecule has 0 aliphatic carbocycles. The van der Waals surface area contributed by atoms with Crippen molar-refractivity contribution in [1.82, 2.24) is 4.98 Å². The molecule has 0 atom stereocenters. The smallest absolute Gasteiger partial charge is 0.147 e. The predicted molar refractivity (Wildman–Crippen MR) is 99.7 cm³/mol. The number of hydrogen-bond acceptors (Lipinski definition) is 5. The molecule has 3 rings (SSSR count). The highest BCUT2D eigenvalue weighted by molar-refractivity contribution is 5.76. The molecule has 1 aromatic heterocycles. The Morgan fingerprint density at radius 1 is 1.15 bits per heavy atom. The van der Waals surface area contributed by atoms with Crippen LogP contribution in [0.15, 0.2) is 48.5 Å². The van der Waals surface area contributed by atoms with E-state index in [-0.39, 0.29) is 22.9 Å². The number of nitrogens with zero attached hydrogens (tertiary/aromatic N) is 3. The fraction of sp³-hybridized carbons (Fsp3) is 0.100. The van der Waals surface area contributed by atoms with E-state index >= 15 is 0 Å². The van der Waals surface area contributed by atoms with Crippen LogP contribution in [0.2, 0.25) is 0 Å². The Morgan fingerprint density at radius 2 is 1.92 bits per heavy atom. The topological polar surface area (TPSA) is 86.2 Å². The Morgan fingerprint density at radius 3 is 2.58 bits per heavy atom. The third-order valence-electron chi connectivity index (χ3n) is 4.15. The number of aryl methyl sites for hydroxylation is 1. The molecule has 0 bridgehead atoms. The predicted octanol–water partition coefficient (Wildman–Crippen LogP) is 4.12. The van der Waals surface area contributed by atoms with Crippen LogP contribution in [0.1, 0.15) is 11.1 Å². The van der Waals surface area contributed by atoms with Crippen LogP contribution in [0.25, 0.3) is 11.3 Å². The summed E-state index contributed by atoms with van der Waals surface area (Å²) in [6.07, 6.45) is 0. The lowest BCUT2D eigenvalue weighted by Gasteiger charge is -2.21. The van der Waals surface area contributed by atoms with E-state index in [0.29, 0.717) is 22.6 Å². The second kappa shape index (κ2) is 6.73. The summed E-state index contributed by atoms with van der Waals surface area (Å²) in [6.45, 7) is 1.83. The molecule has 3 N–H and O–H groups in total. The fourth-order valence-corrected chi connectivity index (χ4v) is 2.68. The summed E-state index contributed by atoms with van der Waals surface area (Å²) in [5.41, 5.74) is 8.83. The summed E-state index contributed by atoms with van der Waals surface area (Å²) < 4.78 is 14.3. The molecule has 0 aliphatic rings. The van der Waals surface area contributed by atoms with Gasteiger partial charge in [0.25, 0.3) is 0 Å². The van der Waals surface area contributed by atoms with Gasteiger partial charge in [0.15, 0.2) is 0 Å². The fourth-order valence-electron chi connectivity index (χ4n) is 2.68. The number of phenols is 1. The van der Waals surface area contributed by atoms with Gasteiger partial charge >= 0.3 is 0 Å². The first kappa shape index (κ1) is 17.2. The van der Waals surface area contributed by atoms with Gasteiger partial charge in [0.2, 0.25) is 0 Å². The van der Waals surface area contributed by atoms with Gasteiger partial charge in [-0.2, -0.15) is 5.26 Å². The molecule has 0 fully saturated rings. The molecule has 0 spiro atoms. The maximum Gasteiger partial charge on any atom is 0.147 e. The zero-order chi connectivity index (χ0) is 18.8. The number of benzene rings is 2. The van der Waals surface area contributed by atoms with Crippen molar-refractivity contribution in [3.63, 3.8) is 0 Å². The Balaban J connectivity index is 2.05. The number of phenolic OH excluding ortho intramolecular Hbond substituents is 1. The number of nitriles is 1. The molecular weight excluding hydrogens is 331 g/mol. The van der Waals surface area contributed by atoms with E-state index in [1.54, 1.807) is 42.3 Å². The standard InChI is InChI=1S/C20H17FN4O/c1-12-3-7-18(16(21)9-12)25(2)14-5-8-19(26)15(10-14)17-6-4-13(11-22)20(23)24-17/h3-10,26H,1-2H3,(H2,23,24). The highest BCUT2D eigenvalue weighted by Gasteiger charge is 2.14. The van der Waals surface area contributed by atoms with E-state index in [1.807, 2.05) is 19.1 Å². The SMILES string of the molecule is Cc1ccc(N(C)c2ccc(O)c(-c3ccc(C#N)c(N)n3)c2)c(F)c1. The van der Waals surface area contributed by atoms with Crippen LogP contribution in [-0.4, -0.2) is 17.1 Å². The van der Waals surface area contributed by atoms with Gasteiger partial charge in [-0.05, 0) is 55.0 Å². The Hall–Kier alpha value is -3.59. The van der Waals surface area contributed by atoms with E-state index in [0.717, 1.165) is 5.56 Å². The average molecular weight is 348 g/mol. The lowest BCUT2D eigenvalue weighted by Crippen LogP contribution is -2.11. The molecule has 5 nitrogen and oxygen atoms in total. The monoisotopic (exact) mass is 348 g/mol. The summed E-state index contributed by atoms with van der Waals surface area (Å²) in [6, 6.07) is 15.0. The van der Waals surface area contributed by atoms with Crippen LogP contribution in [-0.2, 0) is 0 Å². The first-order chi connectivity index (χ1) is 12.4. The van der Waals surface area contributed by atoms with Gasteiger partial charge in [0.1, 0.15) is 23.5 Å². The minimum absolute atomic E-state index is 0.0168. The van der Waals surface area contributed by atoms with Crippen molar-refractivity contribution in [2.45, 2.75) is 6.92 Å². The second-order valence-electron chi connectivity index (χ2n) is 5.96. The van der Waals surface area contributed by atoms with Gasteiger partial charge in [0, 0.05) is 18.3 Å². The van der Waals surface area contributed by atoms with E-state index < -0.39 is 0 Å². The van der Waals surface area contributed by atoms with E-state index in [2.05, 4.69) is 4.98 Å². The summed E-state index contributed by atoms with van der Waals surface area (Å²) in [5.74, 6) is -0.223. The number of rotatable bonds is 3. The van der Waals surface area contributed by atoms with E-state index in [1.165, 1.54) is 12.1 Å². The molecule has 0 aliphatic heterocycles. The largest absolute Gasteiger partial charge is 0.507 e. The van der Waals surface area contributed by atoms with E-state index in [4.69, 9.17) is 11.0 Å². The second-order valence-corrected chi connectivity index (χ2v) is 5.96. The molecule has 0 amide bonds. The Labute approximate surface area is 150 Å². The van der Waals surface area contributed by atoms with Crippen molar-refractivity contribution < 1.29 is 9.50 Å². The molecule has 0 saturated carbocycles. The normalized spacial score (nSPS) is 10.4. The van der Waals surface area contributed by atoms with Crippen LogP contribution in [0, 0.1) is 24.1 Å². The zero-order valence-electron chi connectivity index (χ0n) is 14.4. The number of aromatic nitrogens is 1. The van der Waals surface area contributed by atoms with Gasteiger partial charge in [-0.15, -0.1) is 0 Å². The highest BCUT2D eigenvalue weighted by atomic mass is 19.1. The molecular formula is C20H17FN4O. The number of pyridine rings is 1. The molecule has 26 heavy (non-hydrogen) atoms. The van der Waals surface area contributed by atoms with Crippen molar-refractivity contribution >= 4 is 17.2 Å². The molecule has 3 aromatic rings. The molecule has 130 valence electrons. The molecule has 0 saturated heterocycles. The maximum atomic E-state index is 14.3. The lowest BCUT2D eigenvalue weighted by atomic mass is 10.1. The molecule has 6 heteroatoms. The molecule has 2 aromatic carbocycles. The lowest BCUT2D eigenvalue weighted by molar-refractivity contribution is 0.477. The van der Waals surface area contributed by atoms with Gasteiger partial charge in [-0.25, -0.2) is 9.37 Å². The summed E-state index contributed by atoms with van der Waals surface area (Å²) in [4.78, 5) is 5.87. The van der Waals surface area contributed by atoms with Crippen molar-refractivity contribution in [3.05, 3.63) is 65.5 Å². The first-order valence-electron chi connectivity index (χ1n) is 7.90. The Kier molecular flexibility index (Phi) is 4.46. The van der Waals surface area contributed by atoms with E-state index in [9.17, 15) is 9.50 Å². The van der Waals surface area contributed by atoms with Gasteiger partial charge in [0.05, 0.1) is 16.9 Å². The van der Waals surface area contributed by atoms with Crippen LogP contribution in [0.4, 0.5) is 21.6 Å². The van der Waals surface area contributed by atoms with Crippen molar-refractivity contribution in [2.24, 2.45) is 0 Å². The van der Waals surface area contributed by atoms with Crippen LogP contribution in [0.3, 0.4) is 0 Å². The van der Waals surface area contributed by atoms with Gasteiger partial charge < -0.3 is 15.7 Å². The van der Waals surface area contributed by atoms with Crippen molar-refractivity contribution in [1.29, 1.82) is 5.26 Å². The van der Waals surface area contributed by atoms with Gasteiger partial charge in [-0.1, -0.05) is 6.07 Å². The summed E-state index contributed by atoms with van der Waals surface area (Å²) in [5, 5.41) is 19.2. The third kappa shape index (κ3) is 3.15. The third-order valence-corrected chi connectivity index (χ3v) is 4.15. The van der Waals surface area contributed by atoms with Crippen LogP contribution in [0.5, 0.6) is 5.75 Å². The summed E-state index contributed by atoms with van der Waals surface area (Å²) in [7, 11) is 1.74. The minimum Gasteiger partial charge on any atom is -0.507 e. The Bertz CT molecular complexity index is 1030. The molecule has 0 radical (unpaired) electrons. The first-order valence-corrected chi connectivity index (χ1v) is 7.90. The quantitative estimate of drug-likeness (QED) is 0.743. The molecule has 0 unspecified atom stereocenters. The van der Waals surface area contributed by atoms with Crippen LogP contribution < -0.4 is 10.6 Å². The number of nitrogens with two attached hydrogens (primary N) is 1. The van der Waals surface area contributed by atoms with Crippen molar-refractivity contribution in [3.8, 4) is 23.1 Å². The number of anilines is 3. The summed E-state index contributed by atoms with van der Waals surface area (Å²) >= 11 is 0. The number of halogens is 1. The van der Waals surface area contributed by atoms with Gasteiger partial charge in [-0.3, -0.25) is 0 Å². The number of aromatic hydroxyl groups is 1. The van der Waals surface area contributed by atoms with Crippen molar-refractivity contribution in [2.75, 3.05) is 17.7 Å². The zero-order valence-corrected chi connectivity index (χ0v) is 14.4. The molecule has 1 heterocycles. The van der Waals surface area contributed by atoms with Crippen LogP contribution >= 0.6 is 0 Å². The maximum absolute atomic E-state index is 14.3. The average Bonchev–Trinajstić information content (AvgIpc) is 2.61. The number of hydrogen-bond donors (Lipinski definition) is 2. The number of nitrogen functional groups attached to an aromatic ring is 1. The minimum atomic E-state index is -0.331.